The molecule has 7 nitrogen and oxygen atoms in total. The molecule has 2 aliphatic rings. The van der Waals surface area contributed by atoms with Gasteiger partial charge in [-0.15, -0.1) is 11.6 Å². The van der Waals surface area contributed by atoms with Crippen LogP contribution < -0.4 is 4.74 Å². The SMILES string of the molecule is CC(=O)OCc1cc(Cl)cc(OC[C@@H]2[C@@H](C/C=C\CCCC(=O)O)[C@H](Cl)C[C@H]2OC2CCCCO2)c1. The van der Waals surface area contributed by atoms with Crippen LogP contribution in [0.4, 0.5) is 0 Å². The Labute approximate surface area is 223 Å². The van der Waals surface area contributed by atoms with Crippen LogP contribution in [0.5, 0.6) is 5.75 Å². The summed E-state index contributed by atoms with van der Waals surface area (Å²) in [6, 6.07) is 5.30. The summed E-state index contributed by atoms with van der Waals surface area (Å²) in [5, 5.41) is 9.23. The summed E-state index contributed by atoms with van der Waals surface area (Å²) in [6.45, 7) is 2.59. The first-order valence-corrected chi connectivity index (χ1v) is 13.5. The summed E-state index contributed by atoms with van der Waals surface area (Å²) in [5.74, 6) is -0.369. The van der Waals surface area contributed by atoms with Crippen molar-refractivity contribution in [3.63, 3.8) is 0 Å². The first kappa shape index (κ1) is 28.8. The number of allylic oxidation sites excluding steroid dienone is 2. The molecular formula is C27H36Cl2O7. The zero-order chi connectivity index (χ0) is 25.9. The fourth-order valence-electron chi connectivity index (χ4n) is 4.75. The monoisotopic (exact) mass is 542 g/mol. The van der Waals surface area contributed by atoms with Crippen molar-refractivity contribution in [3.05, 3.63) is 40.9 Å². The molecule has 5 atom stereocenters. The molecule has 0 radical (unpaired) electrons. The Morgan fingerprint density at radius 2 is 2.03 bits per heavy atom. The number of carboxylic acid groups (broad SMARTS) is 1. The van der Waals surface area contributed by atoms with Crippen LogP contribution in [-0.4, -0.2) is 48.0 Å². The number of benzene rings is 1. The Kier molecular flexibility index (Phi) is 11.8. The van der Waals surface area contributed by atoms with Gasteiger partial charge in [-0.3, -0.25) is 9.59 Å². The highest BCUT2D eigenvalue weighted by atomic mass is 35.5. The molecule has 1 heterocycles. The number of esters is 1. The molecule has 1 N–H and O–H groups in total. The quantitative estimate of drug-likeness (QED) is 0.138. The van der Waals surface area contributed by atoms with E-state index in [2.05, 4.69) is 6.08 Å². The number of carbonyl (C=O) groups is 2. The average molecular weight is 543 g/mol. The third-order valence-electron chi connectivity index (χ3n) is 6.57. The van der Waals surface area contributed by atoms with Gasteiger partial charge in [-0.2, -0.15) is 0 Å². The van der Waals surface area contributed by atoms with Gasteiger partial charge in [0.1, 0.15) is 12.4 Å². The van der Waals surface area contributed by atoms with Crippen LogP contribution in [-0.2, 0) is 30.4 Å². The van der Waals surface area contributed by atoms with Gasteiger partial charge in [0.25, 0.3) is 0 Å². The molecule has 1 aliphatic heterocycles. The highest BCUT2D eigenvalue weighted by Gasteiger charge is 2.44. The molecule has 0 bridgehead atoms. The maximum atomic E-state index is 11.2. The number of unbranched alkanes of at least 4 members (excludes halogenated alkanes) is 1. The highest BCUT2D eigenvalue weighted by Crippen LogP contribution is 2.41. The molecule has 1 saturated heterocycles. The number of ether oxygens (including phenoxy) is 4. The van der Waals surface area contributed by atoms with Crippen molar-refractivity contribution in [3.8, 4) is 5.75 Å². The number of hydrogen-bond donors (Lipinski definition) is 1. The molecule has 0 spiro atoms. The second-order valence-corrected chi connectivity index (χ2v) is 10.4. The van der Waals surface area contributed by atoms with Crippen LogP contribution in [0.1, 0.15) is 63.9 Å². The third-order valence-corrected chi connectivity index (χ3v) is 7.29. The van der Waals surface area contributed by atoms with Crippen molar-refractivity contribution in [1.82, 2.24) is 0 Å². The molecule has 1 unspecified atom stereocenters. The molecule has 1 aromatic rings. The van der Waals surface area contributed by atoms with Gasteiger partial charge < -0.3 is 24.1 Å². The minimum Gasteiger partial charge on any atom is -0.493 e. The molecular weight excluding hydrogens is 507 g/mol. The van der Waals surface area contributed by atoms with Crippen LogP contribution in [0.25, 0.3) is 0 Å². The summed E-state index contributed by atoms with van der Waals surface area (Å²) in [4.78, 5) is 21.9. The van der Waals surface area contributed by atoms with E-state index < -0.39 is 5.97 Å². The average Bonchev–Trinajstić information content (AvgIpc) is 3.12. The Hall–Kier alpha value is -1.80. The van der Waals surface area contributed by atoms with Gasteiger partial charge in [0.05, 0.1) is 12.7 Å². The molecule has 200 valence electrons. The Bertz CT molecular complexity index is 885. The van der Waals surface area contributed by atoms with Gasteiger partial charge >= 0.3 is 11.9 Å². The summed E-state index contributed by atoms with van der Waals surface area (Å²) >= 11 is 13.1. The standard InChI is InChI=1S/C27H36Cl2O7/c1-18(30)34-16-19-12-20(28)14-21(13-19)35-17-23-22(8-4-2-3-5-9-26(31)32)24(29)15-25(23)36-27-10-6-7-11-33-27/h2,4,12-14,22-25,27H,3,5-11,15-17H2,1H3,(H,31,32)/b4-2-/t22-,23-,24-,25-,27?/m1/s1. The molecule has 2 fully saturated rings. The summed E-state index contributed by atoms with van der Waals surface area (Å²) < 4.78 is 23.5. The van der Waals surface area contributed by atoms with E-state index in [0.717, 1.165) is 37.7 Å². The summed E-state index contributed by atoms with van der Waals surface area (Å²) in [6.07, 6.45) is 9.77. The van der Waals surface area contributed by atoms with Crippen molar-refractivity contribution >= 4 is 35.1 Å². The highest BCUT2D eigenvalue weighted by molar-refractivity contribution is 6.30. The van der Waals surface area contributed by atoms with E-state index in [-0.39, 0.29) is 48.6 Å². The van der Waals surface area contributed by atoms with E-state index in [0.29, 0.717) is 36.8 Å². The van der Waals surface area contributed by atoms with E-state index in [9.17, 15) is 9.59 Å². The smallest absolute Gasteiger partial charge is 0.303 e. The predicted octanol–water partition coefficient (Wildman–Crippen LogP) is 6.14. The Morgan fingerprint density at radius 3 is 2.75 bits per heavy atom. The number of alkyl halides is 1. The third kappa shape index (κ3) is 9.58. The van der Waals surface area contributed by atoms with Gasteiger partial charge in [-0.05, 0) is 74.6 Å². The summed E-state index contributed by atoms with van der Waals surface area (Å²) in [7, 11) is 0. The Balaban J connectivity index is 1.66. The number of aliphatic carboxylic acids is 1. The predicted molar refractivity (Wildman–Crippen MR) is 137 cm³/mol. The van der Waals surface area contributed by atoms with Gasteiger partial charge in [-0.1, -0.05) is 23.8 Å². The zero-order valence-electron chi connectivity index (χ0n) is 20.7. The van der Waals surface area contributed by atoms with E-state index in [1.807, 2.05) is 12.1 Å². The lowest BCUT2D eigenvalue weighted by Crippen LogP contribution is -2.34. The van der Waals surface area contributed by atoms with Crippen molar-refractivity contribution in [2.24, 2.45) is 11.8 Å². The van der Waals surface area contributed by atoms with Crippen LogP contribution in [0.3, 0.4) is 0 Å². The molecule has 1 aromatic carbocycles. The lowest BCUT2D eigenvalue weighted by atomic mass is 9.91. The van der Waals surface area contributed by atoms with Gasteiger partial charge in [-0.25, -0.2) is 0 Å². The number of carbonyl (C=O) groups excluding carboxylic acids is 1. The molecule has 9 heteroatoms. The fraction of sp³-hybridized carbons (Fsp3) is 0.630. The van der Waals surface area contributed by atoms with Crippen LogP contribution >= 0.6 is 23.2 Å². The molecule has 36 heavy (non-hydrogen) atoms. The van der Waals surface area contributed by atoms with Gasteiger partial charge in [0, 0.05) is 36.3 Å². The molecule has 0 amide bonds. The zero-order valence-corrected chi connectivity index (χ0v) is 22.2. The minimum atomic E-state index is -0.779. The second-order valence-electron chi connectivity index (χ2n) is 9.43. The lowest BCUT2D eigenvalue weighted by molar-refractivity contribution is -0.197. The molecule has 1 aliphatic carbocycles. The van der Waals surface area contributed by atoms with Gasteiger partial charge in [0.15, 0.2) is 6.29 Å². The van der Waals surface area contributed by atoms with Crippen LogP contribution in [0, 0.1) is 11.8 Å². The van der Waals surface area contributed by atoms with Crippen LogP contribution in [0.15, 0.2) is 30.4 Å². The molecule has 3 rings (SSSR count). The maximum Gasteiger partial charge on any atom is 0.303 e. The van der Waals surface area contributed by atoms with Crippen LogP contribution in [0.2, 0.25) is 5.02 Å². The first-order chi connectivity index (χ1) is 17.3. The molecule has 1 saturated carbocycles. The number of rotatable bonds is 13. The normalized spacial score (nSPS) is 26.2. The van der Waals surface area contributed by atoms with E-state index in [1.54, 1.807) is 12.1 Å². The summed E-state index contributed by atoms with van der Waals surface area (Å²) in [5.41, 5.74) is 0.749. The van der Waals surface area contributed by atoms with E-state index >= 15 is 0 Å². The maximum absolute atomic E-state index is 11.2. The van der Waals surface area contributed by atoms with E-state index in [4.69, 9.17) is 47.3 Å². The second kappa shape index (κ2) is 14.8. The van der Waals surface area contributed by atoms with Crippen molar-refractivity contribution in [2.45, 2.75) is 82.7 Å². The molecule has 0 aromatic heterocycles. The topological polar surface area (TPSA) is 91.3 Å². The van der Waals surface area contributed by atoms with Gasteiger partial charge in [0.2, 0.25) is 0 Å². The lowest BCUT2D eigenvalue weighted by Gasteiger charge is -2.30. The van der Waals surface area contributed by atoms with Crippen molar-refractivity contribution < 1.29 is 33.6 Å². The van der Waals surface area contributed by atoms with E-state index in [1.165, 1.54) is 6.92 Å². The number of halogens is 2. The van der Waals surface area contributed by atoms with Crippen molar-refractivity contribution in [2.75, 3.05) is 13.2 Å². The number of carboxylic acids is 1. The largest absolute Gasteiger partial charge is 0.493 e. The fourth-order valence-corrected chi connectivity index (χ4v) is 5.46. The van der Waals surface area contributed by atoms with Crippen molar-refractivity contribution in [1.29, 1.82) is 0 Å². The first-order valence-electron chi connectivity index (χ1n) is 12.7. The minimum absolute atomic E-state index is 0.0394. The Morgan fingerprint density at radius 1 is 1.19 bits per heavy atom. The number of hydrogen-bond acceptors (Lipinski definition) is 6.